The van der Waals surface area contributed by atoms with Crippen LogP contribution in [0.1, 0.15) is 43.4 Å². The van der Waals surface area contributed by atoms with Crippen molar-refractivity contribution < 1.29 is 19.1 Å². The zero-order valence-electron chi connectivity index (χ0n) is 17.3. The fourth-order valence-corrected chi connectivity index (χ4v) is 4.24. The fraction of sp³-hybridized carbons (Fsp3) is 0.391. The molecule has 2 aromatic rings. The van der Waals surface area contributed by atoms with Crippen molar-refractivity contribution in [1.82, 2.24) is 5.32 Å². The van der Waals surface area contributed by atoms with Crippen LogP contribution in [0.2, 0.25) is 0 Å². The van der Waals surface area contributed by atoms with Crippen LogP contribution in [0, 0.1) is 0 Å². The quantitative estimate of drug-likeness (QED) is 0.791. The molecule has 3 unspecified atom stereocenters. The smallest absolute Gasteiger partial charge is 0.240 e. The van der Waals surface area contributed by atoms with Gasteiger partial charge in [0.1, 0.15) is 13.2 Å². The lowest BCUT2D eigenvalue weighted by atomic mass is 9.85. The molecule has 0 saturated heterocycles. The molecule has 0 radical (unpaired) electrons. The Hall–Kier alpha value is -3.22. The first-order chi connectivity index (χ1) is 14.4. The van der Waals surface area contributed by atoms with E-state index in [-0.39, 0.29) is 36.4 Å². The molecule has 0 spiro atoms. The van der Waals surface area contributed by atoms with E-state index in [2.05, 4.69) is 5.32 Å². The average Bonchev–Trinajstić information content (AvgIpc) is 2.75. The van der Waals surface area contributed by atoms with E-state index in [9.17, 15) is 9.59 Å². The van der Waals surface area contributed by atoms with E-state index in [1.807, 2.05) is 61.2 Å². The number of fused-ring (bicyclic) bond motifs is 2. The molecule has 0 fully saturated rings. The van der Waals surface area contributed by atoms with Crippen LogP contribution < -0.4 is 25.4 Å². The molecule has 3 N–H and O–H groups in total. The third kappa shape index (κ3) is 3.92. The second-order valence-electron chi connectivity index (χ2n) is 7.92. The largest absolute Gasteiger partial charge is 0.486 e. The van der Waals surface area contributed by atoms with Gasteiger partial charge in [0.25, 0.3) is 0 Å². The van der Waals surface area contributed by atoms with Gasteiger partial charge in [-0.25, -0.2) is 0 Å². The van der Waals surface area contributed by atoms with E-state index in [0.29, 0.717) is 25.4 Å². The van der Waals surface area contributed by atoms with Gasteiger partial charge in [0, 0.05) is 11.7 Å². The summed E-state index contributed by atoms with van der Waals surface area (Å²) in [7, 11) is 0. The van der Waals surface area contributed by atoms with Gasteiger partial charge in [0.2, 0.25) is 11.8 Å². The predicted octanol–water partition coefficient (Wildman–Crippen LogP) is 2.50. The van der Waals surface area contributed by atoms with Gasteiger partial charge in [-0.15, -0.1) is 0 Å². The Morgan fingerprint density at radius 2 is 1.90 bits per heavy atom. The standard InChI is InChI=1S/C23H27N3O4/c1-14-11-18(23(24)28)17-5-3-4-6-19(17)26(14)13-22(27)25-15(2)16-7-8-20-21(12-16)30-10-9-29-20/h3-8,12,14-15,18H,9-11,13H2,1-2H3,(H2,24,28)(H,25,27). The molecule has 0 saturated carbocycles. The zero-order valence-corrected chi connectivity index (χ0v) is 17.3. The van der Waals surface area contributed by atoms with Crippen molar-refractivity contribution in [2.45, 2.75) is 38.3 Å². The molecular formula is C23H27N3O4. The van der Waals surface area contributed by atoms with Crippen LogP contribution in [-0.2, 0) is 9.59 Å². The lowest BCUT2D eigenvalue weighted by Gasteiger charge is -2.39. The van der Waals surface area contributed by atoms with Crippen LogP contribution in [0.3, 0.4) is 0 Å². The number of anilines is 1. The number of nitrogens with zero attached hydrogens (tertiary/aromatic N) is 1. The van der Waals surface area contributed by atoms with Crippen molar-refractivity contribution in [2.24, 2.45) is 5.73 Å². The highest BCUT2D eigenvalue weighted by Crippen LogP contribution is 2.38. The number of carbonyl (C=O) groups is 2. The predicted molar refractivity (Wildman–Crippen MR) is 114 cm³/mol. The maximum absolute atomic E-state index is 12.9. The Balaban J connectivity index is 1.47. The lowest BCUT2D eigenvalue weighted by Crippen LogP contribution is -2.47. The van der Waals surface area contributed by atoms with Crippen LogP contribution in [0.5, 0.6) is 11.5 Å². The summed E-state index contributed by atoms with van der Waals surface area (Å²) in [5, 5.41) is 3.07. The highest BCUT2D eigenvalue weighted by Gasteiger charge is 2.33. The van der Waals surface area contributed by atoms with E-state index in [0.717, 1.165) is 22.6 Å². The molecule has 0 aliphatic carbocycles. The number of primary amides is 1. The number of hydrogen-bond donors (Lipinski definition) is 2. The minimum absolute atomic E-state index is 0.0211. The number of nitrogens with one attached hydrogen (secondary N) is 1. The Bertz CT molecular complexity index is 961. The van der Waals surface area contributed by atoms with Crippen molar-refractivity contribution in [1.29, 1.82) is 0 Å². The molecule has 3 atom stereocenters. The SMILES string of the molecule is CC(NC(=O)CN1c2ccccc2C(C(N)=O)CC1C)c1ccc2c(c1)OCCO2. The third-order valence-corrected chi connectivity index (χ3v) is 5.83. The van der Waals surface area contributed by atoms with Crippen LogP contribution in [-0.4, -0.2) is 37.6 Å². The Morgan fingerprint density at radius 3 is 2.67 bits per heavy atom. The van der Waals surface area contributed by atoms with Crippen LogP contribution in [0.25, 0.3) is 0 Å². The van der Waals surface area contributed by atoms with Crippen molar-refractivity contribution in [2.75, 3.05) is 24.7 Å². The summed E-state index contributed by atoms with van der Waals surface area (Å²) in [5.74, 6) is 0.691. The summed E-state index contributed by atoms with van der Waals surface area (Å²) < 4.78 is 11.2. The maximum atomic E-state index is 12.9. The summed E-state index contributed by atoms with van der Waals surface area (Å²) in [6.07, 6.45) is 0.595. The van der Waals surface area contributed by atoms with E-state index in [1.54, 1.807) is 0 Å². The van der Waals surface area contributed by atoms with Gasteiger partial charge >= 0.3 is 0 Å². The highest BCUT2D eigenvalue weighted by molar-refractivity contribution is 5.87. The number of benzene rings is 2. The second-order valence-corrected chi connectivity index (χ2v) is 7.92. The molecule has 2 aliphatic rings. The molecule has 2 amide bonds. The van der Waals surface area contributed by atoms with Gasteiger partial charge in [0.15, 0.2) is 11.5 Å². The van der Waals surface area contributed by atoms with Crippen molar-refractivity contribution in [3.05, 3.63) is 53.6 Å². The van der Waals surface area contributed by atoms with Gasteiger partial charge in [-0.1, -0.05) is 24.3 Å². The molecule has 158 valence electrons. The van der Waals surface area contributed by atoms with Crippen molar-refractivity contribution in [3.63, 3.8) is 0 Å². The normalized spacial score (nSPS) is 20.8. The number of amides is 2. The lowest BCUT2D eigenvalue weighted by molar-refractivity contribution is -0.120. The maximum Gasteiger partial charge on any atom is 0.240 e. The Kier molecular flexibility index (Phi) is 5.53. The second kappa shape index (κ2) is 8.26. The van der Waals surface area contributed by atoms with E-state index < -0.39 is 0 Å². The van der Waals surface area contributed by atoms with Gasteiger partial charge in [-0.3, -0.25) is 9.59 Å². The summed E-state index contributed by atoms with van der Waals surface area (Å²) >= 11 is 0. The van der Waals surface area contributed by atoms with Crippen LogP contribution >= 0.6 is 0 Å². The highest BCUT2D eigenvalue weighted by atomic mass is 16.6. The minimum atomic E-state index is -0.328. The van der Waals surface area contributed by atoms with Gasteiger partial charge in [-0.05, 0) is 49.6 Å². The number of rotatable bonds is 5. The first kappa shape index (κ1) is 20.1. The Morgan fingerprint density at radius 1 is 1.17 bits per heavy atom. The van der Waals surface area contributed by atoms with Gasteiger partial charge in [0.05, 0.1) is 18.5 Å². The molecule has 2 heterocycles. The molecule has 0 bridgehead atoms. The van der Waals surface area contributed by atoms with E-state index in [1.165, 1.54) is 0 Å². The molecule has 30 heavy (non-hydrogen) atoms. The van der Waals surface area contributed by atoms with Crippen molar-refractivity contribution >= 4 is 17.5 Å². The fourth-order valence-electron chi connectivity index (χ4n) is 4.24. The van der Waals surface area contributed by atoms with Crippen molar-refractivity contribution in [3.8, 4) is 11.5 Å². The average molecular weight is 409 g/mol. The number of para-hydroxylation sites is 1. The molecular weight excluding hydrogens is 382 g/mol. The molecule has 2 aromatic carbocycles. The first-order valence-electron chi connectivity index (χ1n) is 10.3. The van der Waals surface area contributed by atoms with Gasteiger partial charge < -0.3 is 25.4 Å². The molecule has 0 aromatic heterocycles. The summed E-state index contributed by atoms with van der Waals surface area (Å²) in [4.78, 5) is 26.8. The molecule has 2 aliphatic heterocycles. The number of ether oxygens (including phenoxy) is 2. The third-order valence-electron chi connectivity index (χ3n) is 5.83. The summed E-state index contributed by atoms with van der Waals surface area (Å²) in [6.45, 7) is 5.24. The summed E-state index contributed by atoms with van der Waals surface area (Å²) in [6, 6.07) is 13.2. The topological polar surface area (TPSA) is 93.9 Å². The molecule has 4 rings (SSSR count). The van der Waals surface area contributed by atoms with E-state index >= 15 is 0 Å². The van der Waals surface area contributed by atoms with Crippen LogP contribution in [0.15, 0.2) is 42.5 Å². The number of carbonyl (C=O) groups excluding carboxylic acids is 2. The van der Waals surface area contributed by atoms with Gasteiger partial charge in [-0.2, -0.15) is 0 Å². The summed E-state index contributed by atoms with van der Waals surface area (Å²) in [5.41, 5.74) is 8.34. The minimum Gasteiger partial charge on any atom is -0.486 e. The Labute approximate surface area is 176 Å². The molecule has 7 heteroatoms. The monoisotopic (exact) mass is 409 g/mol. The zero-order chi connectivity index (χ0) is 21.3. The number of nitrogens with two attached hydrogens (primary N) is 1. The first-order valence-corrected chi connectivity index (χ1v) is 10.3. The number of hydrogen-bond acceptors (Lipinski definition) is 5. The van der Waals surface area contributed by atoms with Crippen LogP contribution in [0.4, 0.5) is 5.69 Å². The molecule has 7 nitrogen and oxygen atoms in total. The van der Waals surface area contributed by atoms with E-state index in [4.69, 9.17) is 15.2 Å².